The minimum absolute atomic E-state index is 0.0674. The third-order valence-corrected chi connectivity index (χ3v) is 5.04. The van der Waals surface area contributed by atoms with E-state index in [0.717, 1.165) is 23.1 Å². The van der Waals surface area contributed by atoms with Gasteiger partial charge in [-0.15, -0.1) is 0 Å². The van der Waals surface area contributed by atoms with E-state index in [1.54, 1.807) is 0 Å². The van der Waals surface area contributed by atoms with Crippen LogP contribution in [0.2, 0.25) is 0 Å². The fourth-order valence-corrected chi connectivity index (χ4v) is 3.71. The van der Waals surface area contributed by atoms with E-state index in [4.69, 9.17) is 0 Å². The molecule has 1 aromatic carbocycles. The number of carbonyl (C=O) groups is 1. The molecule has 4 heterocycles. The molecule has 1 aromatic heterocycles. The molecule has 5 rings (SSSR count). The average molecular weight is 299 g/mol. The Kier molecular flexibility index (Phi) is 3.26. The normalized spacial score (nSPS) is 27.0. The molecule has 0 saturated carbocycles. The van der Waals surface area contributed by atoms with Gasteiger partial charge in [-0.2, -0.15) is 5.10 Å². The van der Waals surface area contributed by atoms with Crippen molar-refractivity contribution in [3.63, 3.8) is 0 Å². The van der Waals surface area contributed by atoms with Crippen molar-refractivity contribution in [2.45, 2.75) is 18.9 Å². The standard InChI is InChI=1S/C16H21N5O/c1-17-11-2-3-12-13(8-11)19-20-15(12)16(22)18-14-9-21-6-4-10(14)5-7-21/h2-3,8,10,14,17H,4-7,9H2,1H3,(H,18,22)(H,19,20)/t14-/m1/s1. The molecule has 3 aliphatic rings. The molecular formula is C16H21N5O. The molecule has 1 atom stereocenters. The third-order valence-electron chi connectivity index (χ3n) is 5.04. The lowest BCUT2D eigenvalue weighted by atomic mass is 9.84. The number of aromatic nitrogens is 2. The molecule has 0 unspecified atom stereocenters. The summed E-state index contributed by atoms with van der Waals surface area (Å²) in [5, 5.41) is 14.3. The summed E-state index contributed by atoms with van der Waals surface area (Å²) < 4.78 is 0. The lowest BCUT2D eigenvalue weighted by molar-refractivity contribution is 0.0618. The molecule has 3 fully saturated rings. The number of carbonyl (C=O) groups excluding carboxylic acids is 1. The van der Waals surface area contributed by atoms with E-state index in [1.165, 1.54) is 25.9 Å². The summed E-state index contributed by atoms with van der Waals surface area (Å²) in [5.74, 6) is 0.553. The van der Waals surface area contributed by atoms with Gasteiger partial charge >= 0.3 is 0 Å². The van der Waals surface area contributed by atoms with Crippen molar-refractivity contribution in [2.75, 3.05) is 32.0 Å². The van der Waals surface area contributed by atoms with E-state index < -0.39 is 0 Å². The van der Waals surface area contributed by atoms with E-state index in [1.807, 2.05) is 25.2 Å². The zero-order chi connectivity index (χ0) is 15.1. The van der Waals surface area contributed by atoms with Gasteiger partial charge in [-0.3, -0.25) is 9.89 Å². The van der Waals surface area contributed by atoms with E-state index in [2.05, 4.69) is 25.7 Å². The van der Waals surface area contributed by atoms with Crippen LogP contribution in [-0.4, -0.2) is 53.7 Å². The zero-order valence-corrected chi connectivity index (χ0v) is 12.7. The average Bonchev–Trinajstić information content (AvgIpc) is 2.99. The third kappa shape index (κ3) is 2.23. The van der Waals surface area contributed by atoms with Crippen LogP contribution in [0.15, 0.2) is 18.2 Å². The predicted molar refractivity (Wildman–Crippen MR) is 86.1 cm³/mol. The smallest absolute Gasteiger partial charge is 0.272 e. The first-order valence-electron chi connectivity index (χ1n) is 7.93. The Labute approximate surface area is 129 Å². The van der Waals surface area contributed by atoms with Gasteiger partial charge < -0.3 is 15.5 Å². The Morgan fingerprint density at radius 2 is 2.18 bits per heavy atom. The number of fused-ring (bicyclic) bond motifs is 4. The van der Waals surface area contributed by atoms with E-state index in [9.17, 15) is 4.79 Å². The molecule has 0 aliphatic carbocycles. The molecule has 2 bridgehead atoms. The largest absolute Gasteiger partial charge is 0.388 e. The number of amides is 1. The molecule has 3 N–H and O–H groups in total. The molecule has 2 aromatic rings. The Balaban J connectivity index is 1.55. The summed E-state index contributed by atoms with van der Waals surface area (Å²) in [5.41, 5.74) is 2.38. The molecule has 3 aliphatic heterocycles. The lowest BCUT2D eigenvalue weighted by Gasteiger charge is -2.44. The SMILES string of the molecule is CNc1ccc2c(C(=O)N[C@@H]3CN4CCC3CC4)n[nH]c2c1. The van der Waals surface area contributed by atoms with Crippen molar-refractivity contribution in [3.05, 3.63) is 23.9 Å². The predicted octanol–water partition coefficient (Wildman–Crippen LogP) is 1.43. The van der Waals surface area contributed by atoms with Crippen molar-refractivity contribution in [3.8, 4) is 0 Å². The summed E-state index contributed by atoms with van der Waals surface area (Å²) in [4.78, 5) is 15.0. The first-order chi connectivity index (χ1) is 10.7. The summed E-state index contributed by atoms with van der Waals surface area (Å²) in [6, 6.07) is 6.13. The number of H-pyrrole nitrogens is 1. The van der Waals surface area contributed by atoms with Crippen molar-refractivity contribution in [2.24, 2.45) is 5.92 Å². The maximum Gasteiger partial charge on any atom is 0.272 e. The molecule has 6 nitrogen and oxygen atoms in total. The van der Waals surface area contributed by atoms with Crippen LogP contribution < -0.4 is 10.6 Å². The van der Waals surface area contributed by atoms with Crippen LogP contribution in [0.25, 0.3) is 10.9 Å². The quantitative estimate of drug-likeness (QED) is 0.801. The first kappa shape index (κ1) is 13.6. The monoisotopic (exact) mass is 299 g/mol. The molecule has 1 amide bonds. The molecule has 0 spiro atoms. The van der Waals surface area contributed by atoms with E-state index in [-0.39, 0.29) is 11.9 Å². The number of hydrogen-bond acceptors (Lipinski definition) is 4. The second kappa shape index (κ2) is 5.28. The number of aromatic amines is 1. The second-order valence-electron chi connectivity index (χ2n) is 6.30. The van der Waals surface area contributed by atoms with Gasteiger partial charge in [0.05, 0.1) is 5.52 Å². The van der Waals surface area contributed by atoms with Gasteiger partial charge in [0.25, 0.3) is 5.91 Å². The Morgan fingerprint density at radius 3 is 2.86 bits per heavy atom. The Bertz CT molecular complexity index is 702. The first-order valence-corrected chi connectivity index (χ1v) is 7.93. The van der Waals surface area contributed by atoms with Crippen molar-refractivity contribution < 1.29 is 4.79 Å². The van der Waals surface area contributed by atoms with Gasteiger partial charge in [-0.1, -0.05) is 0 Å². The number of hydrogen-bond donors (Lipinski definition) is 3. The van der Waals surface area contributed by atoms with Crippen LogP contribution in [0.5, 0.6) is 0 Å². The van der Waals surface area contributed by atoms with E-state index in [0.29, 0.717) is 11.6 Å². The molecular weight excluding hydrogens is 278 g/mol. The van der Waals surface area contributed by atoms with Crippen LogP contribution in [-0.2, 0) is 0 Å². The maximum absolute atomic E-state index is 12.6. The highest BCUT2D eigenvalue weighted by Crippen LogP contribution is 2.28. The number of benzene rings is 1. The van der Waals surface area contributed by atoms with Gasteiger partial charge in [-0.05, 0) is 50.0 Å². The molecule has 116 valence electrons. The lowest BCUT2D eigenvalue weighted by Crippen LogP contribution is -2.57. The topological polar surface area (TPSA) is 73.1 Å². The molecule has 22 heavy (non-hydrogen) atoms. The fraction of sp³-hybridized carbons (Fsp3) is 0.500. The Morgan fingerprint density at radius 1 is 1.36 bits per heavy atom. The highest BCUT2D eigenvalue weighted by molar-refractivity contribution is 6.05. The minimum Gasteiger partial charge on any atom is -0.388 e. The summed E-state index contributed by atoms with van der Waals surface area (Å²) in [6.45, 7) is 3.33. The number of nitrogens with zero attached hydrogens (tertiary/aromatic N) is 2. The summed E-state index contributed by atoms with van der Waals surface area (Å²) >= 11 is 0. The van der Waals surface area contributed by atoms with Crippen molar-refractivity contribution in [1.29, 1.82) is 0 Å². The minimum atomic E-state index is -0.0674. The van der Waals surface area contributed by atoms with Crippen molar-refractivity contribution >= 4 is 22.5 Å². The highest BCUT2D eigenvalue weighted by Gasteiger charge is 2.35. The number of piperidine rings is 3. The summed E-state index contributed by atoms with van der Waals surface area (Å²) in [6.07, 6.45) is 2.38. The highest BCUT2D eigenvalue weighted by atomic mass is 16.2. The zero-order valence-electron chi connectivity index (χ0n) is 12.7. The van der Waals surface area contributed by atoms with E-state index >= 15 is 0 Å². The van der Waals surface area contributed by atoms with Gasteiger partial charge in [0, 0.05) is 30.7 Å². The number of rotatable bonds is 3. The van der Waals surface area contributed by atoms with Crippen LogP contribution >= 0.6 is 0 Å². The Hall–Kier alpha value is -2.08. The molecule has 6 heteroatoms. The van der Waals surface area contributed by atoms with Crippen LogP contribution in [0, 0.1) is 5.92 Å². The number of anilines is 1. The van der Waals surface area contributed by atoms with Crippen LogP contribution in [0.1, 0.15) is 23.3 Å². The summed E-state index contributed by atoms with van der Waals surface area (Å²) in [7, 11) is 1.87. The van der Waals surface area contributed by atoms with Crippen LogP contribution in [0.3, 0.4) is 0 Å². The van der Waals surface area contributed by atoms with Gasteiger partial charge in [0.2, 0.25) is 0 Å². The maximum atomic E-state index is 12.6. The fourth-order valence-electron chi connectivity index (χ4n) is 3.71. The van der Waals surface area contributed by atoms with Gasteiger partial charge in [0.1, 0.15) is 0 Å². The van der Waals surface area contributed by atoms with Gasteiger partial charge in [-0.25, -0.2) is 0 Å². The van der Waals surface area contributed by atoms with Crippen LogP contribution in [0.4, 0.5) is 5.69 Å². The van der Waals surface area contributed by atoms with Crippen molar-refractivity contribution in [1.82, 2.24) is 20.4 Å². The molecule has 3 saturated heterocycles. The molecule has 0 radical (unpaired) electrons. The van der Waals surface area contributed by atoms with Gasteiger partial charge in [0.15, 0.2) is 5.69 Å². The number of nitrogens with one attached hydrogen (secondary N) is 3. The second-order valence-corrected chi connectivity index (χ2v) is 6.30.